The molecule has 2 aromatic rings. The Kier molecular flexibility index (Phi) is 5.92. The maximum absolute atomic E-state index is 11.9. The molecule has 0 bridgehead atoms. The average Bonchev–Trinajstić information content (AvgIpc) is 2.60. The molecule has 0 aliphatic heterocycles. The van der Waals surface area contributed by atoms with Crippen LogP contribution in [0.1, 0.15) is 20.7 Å². The molecule has 24 heavy (non-hydrogen) atoms. The zero-order valence-corrected chi connectivity index (χ0v) is 13.5. The summed E-state index contributed by atoms with van der Waals surface area (Å²) in [7, 11) is 1.46. The Bertz CT molecular complexity index is 758. The summed E-state index contributed by atoms with van der Waals surface area (Å²) in [6.07, 6.45) is 0.668. The molecule has 0 unspecified atom stereocenters. The number of nitrogens with one attached hydrogen (secondary N) is 1. The fraction of sp³-hybridized carbons (Fsp3) is 0.118. The van der Waals surface area contributed by atoms with Crippen LogP contribution in [0.25, 0.3) is 0 Å². The number of carbonyl (C=O) groups excluding carboxylic acids is 3. The third-order valence-electron chi connectivity index (χ3n) is 3.05. The first-order chi connectivity index (χ1) is 11.5. The molecule has 2 aromatic carbocycles. The Hall–Kier alpha value is -2.86. The smallest absolute Gasteiger partial charge is 0.338 e. The van der Waals surface area contributed by atoms with E-state index >= 15 is 0 Å². The lowest BCUT2D eigenvalue weighted by Gasteiger charge is -2.11. The van der Waals surface area contributed by atoms with Crippen LogP contribution in [0.4, 0.5) is 5.69 Å². The molecule has 0 fully saturated rings. The Morgan fingerprint density at radius 1 is 1.17 bits per heavy atom. The van der Waals surface area contributed by atoms with Gasteiger partial charge in [-0.3, -0.25) is 9.59 Å². The zero-order valence-electron chi connectivity index (χ0n) is 12.7. The van der Waals surface area contributed by atoms with Crippen LogP contribution in [0, 0.1) is 0 Å². The van der Waals surface area contributed by atoms with E-state index in [1.165, 1.54) is 37.4 Å². The van der Waals surface area contributed by atoms with Gasteiger partial charge >= 0.3 is 5.97 Å². The molecule has 0 radical (unpaired) electrons. The minimum atomic E-state index is -0.666. The number of esters is 1. The molecule has 1 amide bonds. The van der Waals surface area contributed by atoms with Gasteiger partial charge in [0.2, 0.25) is 0 Å². The molecule has 124 valence electrons. The van der Waals surface area contributed by atoms with E-state index in [2.05, 4.69) is 5.32 Å². The average molecular weight is 348 g/mol. The predicted octanol–water partition coefficient (Wildman–Crippen LogP) is 2.96. The van der Waals surface area contributed by atoms with E-state index in [-0.39, 0.29) is 5.56 Å². The molecule has 0 spiro atoms. The van der Waals surface area contributed by atoms with Crippen LogP contribution >= 0.6 is 11.6 Å². The number of benzene rings is 2. The minimum Gasteiger partial charge on any atom is -0.495 e. The lowest BCUT2D eigenvalue weighted by atomic mass is 10.1. The first-order valence-corrected chi connectivity index (χ1v) is 7.27. The highest BCUT2D eigenvalue weighted by atomic mass is 35.5. The molecule has 0 aliphatic rings. The van der Waals surface area contributed by atoms with Gasteiger partial charge in [-0.1, -0.05) is 23.7 Å². The lowest BCUT2D eigenvalue weighted by molar-refractivity contribution is -0.119. The third kappa shape index (κ3) is 4.57. The van der Waals surface area contributed by atoms with Crippen molar-refractivity contribution < 1.29 is 23.9 Å². The van der Waals surface area contributed by atoms with Gasteiger partial charge in [0, 0.05) is 10.6 Å². The summed E-state index contributed by atoms with van der Waals surface area (Å²) in [6.45, 7) is -0.468. The van der Waals surface area contributed by atoms with Crippen LogP contribution in [0.15, 0.2) is 42.5 Å². The second-order valence-electron chi connectivity index (χ2n) is 4.71. The van der Waals surface area contributed by atoms with E-state index in [0.29, 0.717) is 28.3 Å². The molecule has 0 heterocycles. The minimum absolute atomic E-state index is 0.244. The van der Waals surface area contributed by atoms with Crippen molar-refractivity contribution in [2.24, 2.45) is 0 Å². The quantitative estimate of drug-likeness (QED) is 0.641. The van der Waals surface area contributed by atoms with Crippen molar-refractivity contribution >= 4 is 35.5 Å². The maximum Gasteiger partial charge on any atom is 0.338 e. The summed E-state index contributed by atoms with van der Waals surface area (Å²) in [5, 5.41) is 2.98. The largest absolute Gasteiger partial charge is 0.495 e. The van der Waals surface area contributed by atoms with Crippen molar-refractivity contribution in [2.75, 3.05) is 19.0 Å². The van der Waals surface area contributed by atoms with Crippen molar-refractivity contribution in [3.05, 3.63) is 58.6 Å². The molecule has 2 rings (SSSR count). The summed E-state index contributed by atoms with van der Waals surface area (Å²) in [6, 6.07) is 10.6. The SMILES string of the molecule is COc1ccc(Cl)cc1NC(=O)COC(=O)c1ccc(C=O)cc1. The number of methoxy groups -OCH3 is 1. The summed E-state index contributed by atoms with van der Waals surface area (Å²) < 4.78 is 10.0. The van der Waals surface area contributed by atoms with Gasteiger partial charge in [-0.2, -0.15) is 0 Å². The highest BCUT2D eigenvalue weighted by Crippen LogP contribution is 2.27. The molecule has 0 aromatic heterocycles. The monoisotopic (exact) mass is 347 g/mol. The van der Waals surface area contributed by atoms with Crippen LogP contribution < -0.4 is 10.1 Å². The van der Waals surface area contributed by atoms with Gasteiger partial charge in [-0.05, 0) is 30.3 Å². The van der Waals surface area contributed by atoms with Gasteiger partial charge in [0.25, 0.3) is 5.91 Å². The highest BCUT2D eigenvalue weighted by molar-refractivity contribution is 6.31. The van der Waals surface area contributed by atoms with Crippen molar-refractivity contribution in [1.82, 2.24) is 0 Å². The van der Waals surface area contributed by atoms with E-state index in [1.54, 1.807) is 12.1 Å². The number of rotatable bonds is 6. The maximum atomic E-state index is 11.9. The van der Waals surface area contributed by atoms with E-state index in [0.717, 1.165) is 0 Å². The molecule has 0 aliphatic carbocycles. The number of hydrogen-bond acceptors (Lipinski definition) is 5. The number of hydrogen-bond donors (Lipinski definition) is 1. The van der Waals surface area contributed by atoms with E-state index in [9.17, 15) is 14.4 Å². The van der Waals surface area contributed by atoms with Crippen LogP contribution in [0.3, 0.4) is 0 Å². The Labute approximate surface area is 143 Å². The standard InChI is InChI=1S/C17H14ClNO5/c1-23-15-7-6-13(18)8-14(15)19-16(21)10-24-17(22)12-4-2-11(9-20)3-5-12/h2-9H,10H2,1H3,(H,19,21). The Morgan fingerprint density at radius 2 is 1.88 bits per heavy atom. The number of halogens is 1. The van der Waals surface area contributed by atoms with Gasteiger partial charge < -0.3 is 14.8 Å². The van der Waals surface area contributed by atoms with Crippen molar-refractivity contribution in [3.63, 3.8) is 0 Å². The van der Waals surface area contributed by atoms with Gasteiger partial charge in [0.1, 0.15) is 12.0 Å². The third-order valence-corrected chi connectivity index (χ3v) is 3.29. The summed E-state index contributed by atoms with van der Waals surface area (Å²) in [5.41, 5.74) is 1.06. The van der Waals surface area contributed by atoms with Gasteiger partial charge in [-0.25, -0.2) is 4.79 Å². The second kappa shape index (κ2) is 8.12. The first-order valence-electron chi connectivity index (χ1n) is 6.89. The zero-order chi connectivity index (χ0) is 17.5. The summed E-state index contributed by atoms with van der Waals surface area (Å²) in [4.78, 5) is 34.3. The summed E-state index contributed by atoms with van der Waals surface area (Å²) in [5.74, 6) is -0.766. The number of aldehydes is 1. The number of anilines is 1. The molecule has 7 heteroatoms. The highest BCUT2D eigenvalue weighted by Gasteiger charge is 2.12. The van der Waals surface area contributed by atoms with Crippen molar-refractivity contribution in [1.29, 1.82) is 0 Å². The first kappa shape index (κ1) is 17.5. The summed E-state index contributed by atoms with van der Waals surface area (Å²) >= 11 is 5.87. The Balaban J connectivity index is 1.94. The van der Waals surface area contributed by atoms with E-state index in [1.807, 2.05) is 0 Å². The molecular weight excluding hydrogens is 334 g/mol. The number of amides is 1. The fourth-order valence-electron chi connectivity index (χ4n) is 1.88. The van der Waals surface area contributed by atoms with Gasteiger partial charge in [0.15, 0.2) is 6.61 Å². The predicted molar refractivity (Wildman–Crippen MR) is 88.7 cm³/mol. The van der Waals surface area contributed by atoms with Gasteiger partial charge in [-0.15, -0.1) is 0 Å². The number of ether oxygens (including phenoxy) is 2. The van der Waals surface area contributed by atoms with Gasteiger partial charge in [0.05, 0.1) is 18.4 Å². The van der Waals surface area contributed by atoms with E-state index < -0.39 is 18.5 Å². The van der Waals surface area contributed by atoms with Crippen LogP contribution in [0.2, 0.25) is 5.02 Å². The molecule has 1 N–H and O–H groups in total. The number of carbonyl (C=O) groups is 3. The molecular formula is C17H14ClNO5. The molecule has 6 nitrogen and oxygen atoms in total. The fourth-order valence-corrected chi connectivity index (χ4v) is 2.05. The normalized spacial score (nSPS) is 9.92. The van der Waals surface area contributed by atoms with Crippen molar-refractivity contribution in [2.45, 2.75) is 0 Å². The van der Waals surface area contributed by atoms with Crippen LogP contribution in [-0.2, 0) is 9.53 Å². The lowest BCUT2D eigenvalue weighted by Crippen LogP contribution is -2.21. The topological polar surface area (TPSA) is 81.7 Å². The second-order valence-corrected chi connectivity index (χ2v) is 5.15. The van der Waals surface area contributed by atoms with Crippen LogP contribution in [0.5, 0.6) is 5.75 Å². The molecule has 0 saturated heterocycles. The Morgan fingerprint density at radius 3 is 2.50 bits per heavy atom. The molecule has 0 atom stereocenters. The van der Waals surface area contributed by atoms with E-state index in [4.69, 9.17) is 21.1 Å². The van der Waals surface area contributed by atoms with Crippen molar-refractivity contribution in [3.8, 4) is 5.75 Å². The van der Waals surface area contributed by atoms with Crippen LogP contribution in [-0.4, -0.2) is 31.9 Å². The molecule has 0 saturated carbocycles.